The van der Waals surface area contributed by atoms with Crippen LogP contribution in [0.1, 0.15) is 34.6 Å². The first-order chi connectivity index (χ1) is 7.99. The lowest BCUT2D eigenvalue weighted by Gasteiger charge is -2.37. The molecule has 106 valence electrons. The second kappa shape index (κ2) is 6.75. The monoisotopic (exact) mass is 336 g/mol. The van der Waals surface area contributed by atoms with Gasteiger partial charge in [0, 0.05) is 0 Å². The molecule has 18 heavy (non-hydrogen) atoms. The first-order valence-corrected chi connectivity index (χ1v) is 10.2. The van der Waals surface area contributed by atoms with Crippen molar-refractivity contribution in [1.29, 1.82) is 0 Å². The standard InChI is InChI=1S/C13H25BrO3Si/c1-10(2)16-12(15)8-11(9-14)17-18(6,7)13(3,4)5/h8,10H,9H2,1-7H3/b11-8+. The quantitative estimate of drug-likeness (QED) is 0.247. The molecular formula is C13H25BrO3Si. The Morgan fingerprint density at radius 2 is 1.83 bits per heavy atom. The average Bonchev–Trinajstić information content (AvgIpc) is 2.12. The van der Waals surface area contributed by atoms with Crippen LogP contribution in [0.2, 0.25) is 18.1 Å². The lowest BCUT2D eigenvalue weighted by molar-refractivity contribution is -0.141. The highest BCUT2D eigenvalue weighted by atomic mass is 79.9. The molecular weight excluding hydrogens is 312 g/mol. The molecule has 0 fully saturated rings. The molecule has 0 saturated heterocycles. The van der Waals surface area contributed by atoms with Gasteiger partial charge in [0.25, 0.3) is 0 Å². The van der Waals surface area contributed by atoms with Crippen molar-refractivity contribution in [3.63, 3.8) is 0 Å². The van der Waals surface area contributed by atoms with Gasteiger partial charge >= 0.3 is 5.97 Å². The minimum absolute atomic E-state index is 0.107. The zero-order valence-corrected chi connectivity index (χ0v) is 15.1. The molecule has 0 spiro atoms. The van der Waals surface area contributed by atoms with Crippen molar-refractivity contribution in [3.8, 4) is 0 Å². The van der Waals surface area contributed by atoms with Crippen LogP contribution in [0.5, 0.6) is 0 Å². The van der Waals surface area contributed by atoms with Crippen LogP contribution in [0.3, 0.4) is 0 Å². The highest BCUT2D eigenvalue weighted by molar-refractivity contribution is 9.09. The third-order valence-electron chi connectivity index (χ3n) is 2.95. The number of esters is 1. The van der Waals surface area contributed by atoms with Gasteiger partial charge in [-0.25, -0.2) is 4.79 Å². The van der Waals surface area contributed by atoms with Crippen LogP contribution in [0.25, 0.3) is 0 Å². The van der Waals surface area contributed by atoms with Crippen LogP contribution >= 0.6 is 15.9 Å². The number of ether oxygens (including phenoxy) is 1. The Labute approximate surface area is 120 Å². The molecule has 0 aromatic rings. The topological polar surface area (TPSA) is 35.5 Å². The third-order valence-corrected chi connectivity index (χ3v) is 7.89. The molecule has 0 aliphatic rings. The fraction of sp³-hybridized carbons (Fsp3) is 0.769. The van der Waals surface area contributed by atoms with Crippen molar-refractivity contribution >= 4 is 30.2 Å². The number of alkyl halides is 1. The van der Waals surface area contributed by atoms with E-state index in [2.05, 4.69) is 49.8 Å². The van der Waals surface area contributed by atoms with Crippen LogP contribution < -0.4 is 0 Å². The van der Waals surface area contributed by atoms with E-state index < -0.39 is 8.32 Å². The molecule has 0 saturated carbocycles. The number of halogens is 1. The van der Waals surface area contributed by atoms with E-state index in [9.17, 15) is 4.79 Å². The molecule has 0 bridgehead atoms. The lowest BCUT2D eigenvalue weighted by Crippen LogP contribution is -2.40. The van der Waals surface area contributed by atoms with E-state index in [0.29, 0.717) is 11.1 Å². The van der Waals surface area contributed by atoms with Gasteiger partial charge in [-0.1, -0.05) is 36.7 Å². The van der Waals surface area contributed by atoms with E-state index in [1.54, 1.807) is 0 Å². The maximum atomic E-state index is 11.6. The number of allylic oxidation sites excluding steroid dienone is 1. The SMILES string of the molecule is CC(C)OC(=O)/C=C(\CBr)O[Si](C)(C)C(C)(C)C. The van der Waals surface area contributed by atoms with Crippen LogP contribution in [-0.4, -0.2) is 25.7 Å². The highest BCUT2D eigenvalue weighted by Crippen LogP contribution is 2.38. The summed E-state index contributed by atoms with van der Waals surface area (Å²) in [4.78, 5) is 11.6. The Morgan fingerprint density at radius 1 is 1.33 bits per heavy atom. The van der Waals surface area contributed by atoms with Gasteiger partial charge in [-0.2, -0.15) is 0 Å². The Kier molecular flexibility index (Phi) is 6.64. The van der Waals surface area contributed by atoms with Crippen LogP contribution in [-0.2, 0) is 14.0 Å². The molecule has 0 heterocycles. The van der Waals surface area contributed by atoms with Crippen molar-refractivity contribution in [2.75, 3.05) is 5.33 Å². The first kappa shape index (κ1) is 17.7. The molecule has 0 aliphatic heterocycles. The summed E-state index contributed by atoms with van der Waals surface area (Å²) >= 11 is 3.35. The molecule has 0 amide bonds. The maximum Gasteiger partial charge on any atom is 0.334 e. The third kappa shape index (κ3) is 6.04. The van der Waals surface area contributed by atoms with E-state index >= 15 is 0 Å². The van der Waals surface area contributed by atoms with Gasteiger partial charge in [0.1, 0.15) is 0 Å². The number of hydrogen-bond donors (Lipinski definition) is 0. The molecule has 5 heteroatoms. The summed E-state index contributed by atoms with van der Waals surface area (Å²) in [7, 11) is -1.90. The molecule has 0 aromatic carbocycles. The van der Waals surface area contributed by atoms with E-state index in [4.69, 9.17) is 9.16 Å². The summed E-state index contributed by atoms with van der Waals surface area (Å²) in [6, 6.07) is 0. The zero-order chi connectivity index (χ0) is 14.6. The number of hydrogen-bond acceptors (Lipinski definition) is 3. The van der Waals surface area contributed by atoms with Gasteiger partial charge in [0.05, 0.1) is 23.3 Å². The van der Waals surface area contributed by atoms with Crippen molar-refractivity contribution in [2.45, 2.75) is 58.9 Å². The molecule has 0 radical (unpaired) electrons. The molecule has 0 aliphatic carbocycles. The molecule has 0 atom stereocenters. The fourth-order valence-electron chi connectivity index (χ4n) is 0.974. The Hall–Kier alpha value is -0.293. The number of carbonyl (C=O) groups excluding carboxylic acids is 1. The fourth-order valence-corrected chi connectivity index (χ4v) is 2.55. The average molecular weight is 337 g/mol. The van der Waals surface area contributed by atoms with Crippen LogP contribution in [0, 0.1) is 0 Å². The van der Waals surface area contributed by atoms with Crippen LogP contribution in [0.15, 0.2) is 11.8 Å². The number of carbonyl (C=O) groups is 1. The predicted octanol–water partition coefficient (Wildman–Crippen LogP) is 4.24. The molecule has 3 nitrogen and oxygen atoms in total. The van der Waals surface area contributed by atoms with Gasteiger partial charge in [0.15, 0.2) is 0 Å². The molecule has 0 aromatic heterocycles. The largest absolute Gasteiger partial charge is 0.546 e. The zero-order valence-electron chi connectivity index (χ0n) is 12.5. The second-order valence-electron chi connectivity index (χ2n) is 6.09. The summed E-state index contributed by atoms with van der Waals surface area (Å²) in [6.45, 7) is 14.4. The normalized spacial score (nSPS) is 13.7. The van der Waals surface area contributed by atoms with Gasteiger partial charge in [-0.3, -0.25) is 0 Å². The second-order valence-corrected chi connectivity index (χ2v) is 11.4. The summed E-state index contributed by atoms with van der Waals surface area (Å²) in [5.74, 6) is 0.297. The van der Waals surface area contributed by atoms with E-state index in [0.717, 1.165) is 0 Å². The summed E-state index contributed by atoms with van der Waals surface area (Å²) in [5, 5.41) is 0.628. The molecule has 0 unspecified atom stereocenters. The van der Waals surface area contributed by atoms with Crippen LogP contribution in [0.4, 0.5) is 0 Å². The molecule has 0 N–H and O–H groups in total. The van der Waals surface area contributed by atoms with E-state index in [-0.39, 0.29) is 17.1 Å². The van der Waals surface area contributed by atoms with E-state index in [1.165, 1.54) is 6.08 Å². The van der Waals surface area contributed by atoms with Crippen molar-refractivity contribution in [3.05, 3.63) is 11.8 Å². The van der Waals surface area contributed by atoms with E-state index in [1.807, 2.05) is 13.8 Å². The number of rotatable bonds is 5. The van der Waals surface area contributed by atoms with Crippen molar-refractivity contribution in [1.82, 2.24) is 0 Å². The smallest absolute Gasteiger partial charge is 0.334 e. The summed E-state index contributed by atoms with van der Waals surface area (Å²) in [5.41, 5.74) is 0. The highest BCUT2D eigenvalue weighted by Gasteiger charge is 2.39. The molecule has 0 rings (SSSR count). The van der Waals surface area contributed by atoms with Crippen molar-refractivity contribution in [2.24, 2.45) is 0 Å². The summed E-state index contributed by atoms with van der Waals surface area (Å²) < 4.78 is 11.1. The minimum Gasteiger partial charge on any atom is -0.546 e. The van der Waals surface area contributed by atoms with Crippen molar-refractivity contribution < 1.29 is 14.0 Å². The predicted molar refractivity (Wildman–Crippen MR) is 81.4 cm³/mol. The Morgan fingerprint density at radius 3 is 2.17 bits per heavy atom. The van der Waals surface area contributed by atoms with Gasteiger partial charge in [-0.15, -0.1) is 0 Å². The summed E-state index contributed by atoms with van der Waals surface area (Å²) in [6.07, 6.45) is 1.33. The Balaban J connectivity index is 4.81. The minimum atomic E-state index is -1.90. The van der Waals surface area contributed by atoms with Gasteiger partial charge < -0.3 is 9.16 Å². The van der Waals surface area contributed by atoms with Gasteiger partial charge in [0.2, 0.25) is 8.32 Å². The lowest BCUT2D eigenvalue weighted by atomic mass is 10.2. The first-order valence-electron chi connectivity index (χ1n) is 6.16. The van der Waals surface area contributed by atoms with Gasteiger partial charge in [-0.05, 0) is 32.0 Å². The maximum absolute atomic E-state index is 11.6. The Bertz CT molecular complexity index is 317.